The minimum Gasteiger partial charge on any atom is -0.395 e. The molecule has 1 heterocycles. The summed E-state index contributed by atoms with van der Waals surface area (Å²) in [5, 5.41) is 9.44. The topological polar surface area (TPSA) is 40.5 Å². The van der Waals surface area contributed by atoms with Crippen LogP contribution in [0.5, 0.6) is 0 Å². The fraction of sp³-hybridized carbons (Fsp3) is 0.933. The molecule has 3 heteroatoms. The number of aliphatic hydroxyl groups is 1. The standard InChI is InChI=1S/C15H27NO2/c1-11-7-12(2)14(15(18)8-11)9-16-6-4-3-5-13(16)10-17/h11-14,17H,3-10H2,1-2H3. The Morgan fingerprint density at radius 2 is 2.11 bits per heavy atom. The van der Waals surface area contributed by atoms with E-state index in [0.717, 1.165) is 25.9 Å². The molecule has 2 aliphatic rings. The maximum Gasteiger partial charge on any atom is 0.137 e. The van der Waals surface area contributed by atoms with Crippen molar-refractivity contribution >= 4 is 5.78 Å². The Labute approximate surface area is 111 Å². The highest BCUT2D eigenvalue weighted by Crippen LogP contribution is 2.32. The molecule has 2 rings (SSSR count). The van der Waals surface area contributed by atoms with Crippen molar-refractivity contribution < 1.29 is 9.90 Å². The summed E-state index contributed by atoms with van der Waals surface area (Å²) in [5.41, 5.74) is 0. The summed E-state index contributed by atoms with van der Waals surface area (Å²) in [5.74, 6) is 1.71. The maximum absolute atomic E-state index is 12.2. The Kier molecular flexibility index (Phi) is 4.79. The van der Waals surface area contributed by atoms with Gasteiger partial charge in [-0.2, -0.15) is 0 Å². The van der Waals surface area contributed by atoms with Gasteiger partial charge < -0.3 is 5.11 Å². The number of likely N-dealkylation sites (tertiary alicyclic amines) is 1. The van der Waals surface area contributed by atoms with Crippen molar-refractivity contribution in [3.8, 4) is 0 Å². The SMILES string of the molecule is CC1CC(=O)C(CN2CCCCC2CO)C(C)C1. The number of hydrogen-bond acceptors (Lipinski definition) is 3. The molecule has 0 aromatic rings. The second-order valence-corrected chi connectivity index (χ2v) is 6.42. The van der Waals surface area contributed by atoms with Crippen LogP contribution in [0, 0.1) is 17.8 Å². The summed E-state index contributed by atoms with van der Waals surface area (Å²) in [6, 6.07) is 0.290. The lowest BCUT2D eigenvalue weighted by molar-refractivity contribution is -0.129. The van der Waals surface area contributed by atoms with E-state index in [1.807, 2.05) is 0 Å². The van der Waals surface area contributed by atoms with Gasteiger partial charge in [0.25, 0.3) is 0 Å². The Balaban J connectivity index is 1.96. The predicted octanol–water partition coefficient (Wildman–Crippen LogP) is 2.08. The maximum atomic E-state index is 12.2. The van der Waals surface area contributed by atoms with Crippen LogP contribution in [0.3, 0.4) is 0 Å². The van der Waals surface area contributed by atoms with E-state index in [2.05, 4.69) is 18.7 Å². The van der Waals surface area contributed by atoms with E-state index in [9.17, 15) is 9.90 Å². The van der Waals surface area contributed by atoms with E-state index in [-0.39, 0.29) is 18.6 Å². The summed E-state index contributed by atoms with van der Waals surface area (Å²) in [4.78, 5) is 14.6. The molecule has 18 heavy (non-hydrogen) atoms. The van der Waals surface area contributed by atoms with Gasteiger partial charge in [0, 0.05) is 24.9 Å². The van der Waals surface area contributed by atoms with Crippen molar-refractivity contribution in [2.24, 2.45) is 17.8 Å². The van der Waals surface area contributed by atoms with Crippen molar-refractivity contribution in [2.45, 2.75) is 52.0 Å². The first-order chi connectivity index (χ1) is 8.61. The number of nitrogens with zero attached hydrogens (tertiary/aromatic N) is 1. The lowest BCUT2D eigenvalue weighted by Gasteiger charge is -2.40. The molecule has 3 nitrogen and oxygen atoms in total. The zero-order chi connectivity index (χ0) is 13.1. The van der Waals surface area contributed by atoms with E-state index in [1.54, 1.807) is 0 Å². The Hall–Kier alpha value is -0.410. The van der Waals surface area contributed by atoms with E-state index >= 15 is 0 Å². The number of Topliss-reactive ketones (excluding diaryl/α,β-unsaturated/α-hetero) is 1. The summed E-state index contributed by atoms with van der Waals surface area (Å²) < 4.78 is 0. The highest BCUT2D eigenvalue weighted by molar-refractivity contribution is 5.82. The van der Waals surface area contributed by atoms with Gasteiger partial charge in [-0.15, -0.1) is 0 Å². The van der Waals surface area contributed by atoms with Crippen LogP contribution >= 0.6 is 0 Å². The van der Waals surface area contributed by atoms with Gasteiger partial charge in [0.2, 0.25) is 0 Å². The molecule has 4 atom stereocenters. The molecule has 0 aromatic carbocycles. The van der Waals surface area contributed by atoms with Crippen LogP contribution in [0.4, 0.5) is 0 Å². The second kappa shape index (κ2) is 6.16. The first kappa shape index (κ1) is 14.0. The third-order valence-electron chi connectivity index (χ3n) is 4.82. The van der Waals surface area contributed by atoms with Gasteiger partial charge in [-0.3, -0.25) is 9.69 Å². The molecule has 1 aliphatic carbocycles. The third kappa shape index (κ3) is 3.12. The molecule has 0 bridgehead atoms. The quantitative estimate of drug-likeness (QED) is 0.837. The molecular formula is C15H27NO2. The minimum atomic E-state index is 0.202. The monoisotopic (exact) mass is 253 g/mol. The van der Waals surface area contributed by atoms with Gasteiger partial charge in [-0.25, -0.2) is 0 Å². The third-order valence-corrected chi connectivity index (χ3v) is 4.82. The molecule has 0 radical (unpaired) electrons. The van der Waals surface area contributed by atoms with Crippen LogP contribution < -0.4 is 0 Å². The Morgan fingerprint density at radius 1 is 1.33 bits per heavy atom. The van der Waals surface area contributed by atoms with Crippen LogP contribution in [0.15, 0.2) is 0 Å². The Bertz CT molecular complexity index is 292. The fourth-order valence-corrected chi connectivity index (χ4v) is 3.74. The molecule has 104 valence electrons. The fourth-order valence-electron chi connectivity index (χ4n) is 3.74. The number of carbonyl (C=O) groups excluding carboxylic acids is 1. The molecule has 0 amide bonds. The lowest BCUT2D eigenvalue weighted by atomic mass is 9.74. The summed E-state index contributed by atoms with van der Waals surface area (Å²) >= 11 is 0. The Morgan fingerprint density at radius 3 is 2.78 bits per heavy atom. The molecule has 1 saturated carbocycles. The highest BCUT2D eigenvalue weighted by Gasteiger charge is 2.35. The molecule has 0 aromatic heterocycles. The summed E-state index contributed by atoms with van der Waals surface area (Å²) in [7, 11) is 0. The largest absolute Gasteiger partial charge is 0.395 e. The first-order valence-electron chi connectivity index (χ1n) is 7.49. The van der Waals surface area contributed by atoms with Crippen molar-refractivity contribution in [3.63, 3.8) is 0 Å². The number of carbonyl (C=O) groups is 1. The molecule has 1 N–H and O–H groups in total. The summed E-state index contributed by atoms with van der Waals surface area (Å²) in [6.07, 6.45) is 5.44. The zero-order valence-electron chi connectivity index (χ0n) is 11.8. The highest BCUT2D eigenvalue weighted by atomic mass is 16.3. The normalized spacial score (nSPS) is 38.9. The van der Waals surface area contributed by atoms with Gasteiger partial charge in [-0.05, 0) is 37.6 Å². The molecule has 2 fully saturated rings. The van der Waals surface area contributed by atoms with Gasteiger partial charge in [0.15, 0.2) is 0 Å². The molecule has 4 unspecified atom stereocenters. The van der Waals surface area contributed by atoms with Crippen LogP contribution in [-0.2, 0) is 4.79 Å². The first-order valence-corrected chi connectivity index (χ1v) is 7.49. The van der Waals surface area contributed by atoms with Gasteiger partial charge >= 0.3 is 0 Å². The number of aliphatic hydroxyl groups excluding tert-OH is 1. The van der Waals surface area contributed by atoms with Crippen molar-refractivity contribution in [1.82, 2.24) is 4.90 Å². The molecule has 1 saturated heterocycles. The molecule has 0 spiro atoms. The van der Waals surface area contributed by atoms with E-state index in [4.69, 9.17) is 0 Å². The van der Waals surface area contributed by atoms with Crippen molar-refractivity contribution in [1.29, 1.82) is 0 Å². The number of hydrogen-bond donors (Lipinski definition) is 1. The lowest BCUT2D eigenvalue weighted by Crippen LogP contribution is -2.48. The predicted molar refractivity (Wildman–Crippen MR) is 72.4 cm³/mol. The van der Waals surface area contributed by atoms with Gasteiger partial charge in [0.05, 0.1) is 6.61 Å². The number of ketones is 1. The average molecular weight is 253 g/mol. The van der Waals surface area contributed by atoms with Gasteiger partial charge in [0.1, 0.15) is 5.78 Å². The van der Waals surface area contributed by atoms with Crippen LogP contribution in [-0.4, -0.2) is 41.5 Å². The van der Waals surface area contributed by atoms with E-state index in [1.165, 1.54) is 19.3 Å². The summed E-state index contributed by atoms with van der Waals surface area (Å²) in [6.45, 7) is 6.57. The van der Waals surface area contributed by atoms with Crippen LogP contribution in [0.1, 0.15) is 46.0 Å². The van der Waals surface area contributed by atoms with E-state index < -0.39 is 0 Å². The van der Waals surface area contributed by atoms with E-state index in [0.29, 0.717) is 17.6 Å². The van der Waals surface area contributed by atoms with Crippen LogP contribution in [0.2, 0.25) is 0 Å². The van der Waals surface area contributed by atoms with Crippen molar-refractivity contribution in [2.75, 3.05) is 19.7 Å². The minimum absolute atomic E-state index is 0.202. The van der Waals surface area contributed by atoms with Crippen LogP contribution in [0.25, 0.3) is 0 Å². The zero-order valence-corrected chi connectivity index (χ0v) is 11.8. The average Bonchev–Trinajstić information content (AvgIpc) is 2.34. The number of piperidine rings is 1. The number of rotatable bonds is 3. The van der Waals surface area contributed by atoms with Gasteiger partial charge in [-0.1, -0.05) is 20.3 Å². The smallest absolute Gasteiger partial charge is 0.137 e. The second-order valence-electron chi connectivity index (χ2n) is 6.42. The molecule has 1 aliphatic heterocycles. The van der Waals surface area contributed by atoms with Crippen molar-refractivity contribution in [3.05, 3.63) is 0 Å². The molecular weight excluding hydrogens is 226 g/mol.